The molecule has 1 aromatic heterocycles. The van der Waals surface area contributed by atoms with Gasteiger partial charge in [0.05, 0.1) is 0 Å². The van der Waals surface area contributed by atoms with Crippen LogP contribution in [-0.4, -0.2) is 22.9 Å². The monoisotopic (exact) mass is 345 g/mol. The van der Waals surface area contributed by atoms with E-state index < -0.39 is 5.91 Å². The molecule has 0 bridgehead atoms. The largest absolute Gasteiger partial charge is 0.366 e. The molecule has 130 valence electrons. The first kappa shape index (κ1) is 16.1. The predicted molar refractivity (Wildman–Crippen MR) is 101 cm³/mol. The Kier molecular flexibility index (Phi) is 4.05. The molecular formula is C21H19N3O2. The molecule has 1 aliphatic heterocycles. The van der Waals surface area contributed by atoms with E-state index in [2.05, 4.69) is 0 Å². The predicted octanol–water partition coefficient (Wildman–Crippen LogP) is 3.17. The molecule has 0 radical (unpaired) electrons. The van der Waals surface area contributed by atoms with Crippen LogP contribution in [0.5, 0.6) is 0 Å². The summed E-state index contributed by atoms with van der Waals surface area (Å²) < 4.78 is 1.97. The first-order chi connectivity index (χ1) is 12.6. The highest BCUT2D eigenvalue weighted by atomic mass is 16.2. The topological polar surface area (TPSA) is 68.3 Å². The molecule has 4 rings (SSSR count). The van der Waals surface area contributed by atoms with E-state index in [0.717, 1.165) is 29.8 Å². The van der Waals surface area contributed by atoms with Crippen molar-refractivity contribution in [2.75, 3.05) is 11.4 Å². The summed E-state index contributed by atoms with van der Waals surface area (Å²) in [5.41, 5.74) is 9.29. The van der Waals surface area contributed by atoms with Gasteiger partial charge >= 0.3 is 0 Å². The second-order valence-electron chi connectivity index (χ2n) is 6.41. The Labute approximate surface area is 151 Å². The quantitative estimate of drug-likeness (QED) is 0.792. The van der Waals surface area contributed by atoms with E-state index in [4.69, 9.17) is 5.73 Å². The number of amides is 2. The lowest BCUT2D eigenvalue weighted by atomic mass is 9.98. The highest BCUT2D eigenvalue weighted by molar-refractivity contribution is 6.07. The number of fused-ring (bicyclic) bond motifs is 1. The molecule has 0 atom stereocenters. The molecule has 5 nitrogen and oxygen atoms in total. The third kappa shape index (κ3) is 2.88. The van der Waals surface area contributed by atoms with Crippen molar-refractivity contribution < 1.29 is 9.59 Å². The Morgan fingerprint density at radius 2 is 1.73 bits per heavy atom. The van der Waals surface area contributed by atoms with E-state index in [1.807, 2.05) is 59.4 Å². The number of benzene rings is 2. The molecule has 1 aliphatic rings. The normalized spacial score (nSPS) is 13.3. The number of primary amides is 1. The van der Waals surface area contributed by atoms with E-state index in [-0.39, 0.29) is 5.91 Å². The standard InChI is InChI=1S/C21H19N3O2/c22-20(25)16-8-9-19-15(13-16)6-4-12-24(19)21(26)17-5-3-7-18(14-17)23-10-1-2-11-23/h1-3,5,7-11,13-14H,4,6,12H2,(H2,22,25). The Hall–Kier alpha value is -3.34. The minimum atomic E-state index is -0.448. The van der Waals surface area contributed by atoms with E-state index in [0.29, 0.717) is 17.7 Å². The number of hydrogen-bond acceptors (Lipinski definition) is 2. The van der Waals surface area contributed by atoms with Crippen LogP contribution in [0.15, 0.2) is 67.0 Å². The van der Waals surface area contributed by atoms with Crippen molar-refractivity contribution >= 4 is 17.5 Å². The van der Waals surface area contributed by atoms with Crippen LogP contribution in [0.2, 0.25) is 0 Å². The number of hydrogen-bond donors (Lipinski definition) is 1. The zero-order valence-corrected chi connectivity index (χ0v) is 14.3. The van der Waals surface area contributed by atoms with Gasteiger partial charge in [0, 0.05) is 41.4 Å². The van der Waals surface area contributed by atoms with Gasteiger partial charge in [-0.3, -0.25) is 9.59 Å². The summed E-state index contributed by atoms with van der Waals surface area (Å²) in [6.45, 7) is 0.662. The zero-order valence-electron chi connectivity index (χ0n) is 14.3. The van der Waals surface area contributed by atoms with Crippen molar-refractivity contribution in [2.45, 2.75) is 12.8 Å². The van der Waals surface area contributed by atoms with Gasteiger partial charge in [0.25, 0.3) is 5.91 Å². The van der Waals surface area contributed by atoms with Gasteiger partial charge in [0.1, 0.15) is 0 Å². The van der Waals surface area contributed by atoms with Crippen molar-refractivity contribution in [1.82, 2.24) is 4.57 Å². The van der Waals surface area contributed by atoms with Crippen molar-refractivity contribution in [1.29, 1.82) is 0 Å². The van der Waals surface area contributed by atoms with E-state index in [1.54, 1.807) is 17.0 Å². The molecule has 0 unspecified atom stereocenters. The van der Waals surface area contributed by atoms with Crippen molar-refractivity contribution in [3.63, 3.8) is 0 Å². The van der Waals surface area contributed by atoms with Gasteiger partial charge in [0.2, 0.25) is 5.91 Å². The fourth-order valence-electron chi connectivity index (χ4n) is 3.42. The van der Waals surface area contributed by atoms with E-state index >= 15 is 0 Å². The fourth-order valence-corrected chi connectivity index (χ4v) is 3.42. The number of rotatable bonds is 3. The average Bonchev–Trinajstić information content (AvgIpc) is 3.21. The summed E-state index contributed by atoms with van der Waals surface area (Å²) in [4.78, 5) is 26.3. The van der Waals surface area contributed by atoms with Crippen molar-refractivity contribution in [3.05, 3.63) is 83.7 Å². The highest BCUT2D eigenvalue weighted by Crippen LogP contribution is 2.29. The van der Waals surface area contributed by atoms with Crippen LogP contribution in [0, 0.1) is 0 Å². The van der Waals surface area contributed by atoms with Gasteiger partial charge in [0.15, 0.2) is 0 Å². The maximum atomic E-state index is 13.1. The van der Waals surface area contributed by atoms with E-state index in [9.17, 15) is 9.59 Å². The van der Waals surface area contributed by atoms with E-state index in [1.165, 1.54) is 0 Å². The maximum Gasteiger partial charge on any atom is 0.258 e. The minimum Gasteiger partial charge on any atom is -0.366 e. The van der Waals surface area contributed by atoms with Crippen molar-refractivity contribution in [3.8, 4) is 5.69 Å². The molecule has 3 aromatic rings. The third-order valence-corrected chi connectivity index (χ3v) is 4.72. The molecular weight excluding hydrogens is 326 g/mol. The molecule has 2 amide bonds. The van der Waals surface area contributed by atoms with Gasteiger partial charge in [-0.2, -0.15) is 0 Å². The van der Waals surface area contributed by atoms with Gasteiger partial charge in [-0.05, 0) is 66.9 Å². The maximum absolute atomic E-state index is 13.1. The number of anilines is 1. The summed E-state index contributed by atoms with van der Waals surface area (Å²) >= 11 is 0. The summed E-state index contributed by atoms with van der Waals surface area (Å²) in [5.74, 6) is -0.484. The third-order valence-electron chi connectivity index (χ3n) is 4.72. The lowest BCUT2D eigenvalue weighted by Gasteiger charge is -2.30. The second kappa shape index (κ2) is 6.52. The van der Waals surface area contributed by atoms with Crippen LogP contribution >= 0.6 is 0 Å². The highest BCUT2D eigenvalue weighted by Gasteiger charge is 2.24. The fraction of sp³-hybridized carbons (Fsp3) is 0.143. The molecule has 0 aliphatic carbocycles. The molecule has 0 fully saturated rings. The lowest BCUT2D eigenvalue weighted by Crippen LogP contribution is -2.35. The SMILES string of the molecule is NC(=O)c1ccc2c(c1)CCCN2C(=O)c1cccc(-n2cccc2)c1. The summed E-state index contributed by atoms with van der Waals surface area (Å²) in [6, 6.07) is 16.8. The minimum absolute atomic E-state index is 0.0354. The zero-order chi connectivity index (χ0) is 18.1. The number of aromatic nitrogens is 1. The Bertz CT molecular complexity index is 977. The summed E-state index contributed by atoms with van der Waals surface area (Å²) in [5, 5.41) is 0. The number of nitrogens with zero attached hydrogens (tertiary/aromatic N) is 2. The smallest absolute Gasteiger partial charge is 0.258 e. The van der Waals surface area contributed by atoms with Crippen LogP contribution in [-0.2, 0) is 6.42 Å². The molecule has 0 saturated heterocycles. The molecule has 2 heterocycles. The van der Waals surface area contributed by atoms with Crippen LogP contribution in [0.1, 0.15) is 32.7 Å². The van der Waals surface area contributed by atoms with Crippen molar-refractivity contribution in [2.24, 2.45) is 5.73 Å². The summed E-state index contributed by atoms with van der Waals surface area (Å²) in [6.07, 6.45) is 5.60. The molecule has 2 aromatic carbocycles. The van der Waals surface area contributed by atoms with Gasteiger partial charge in [-0.25, -0.2) is 0 Å². The molecule has 26 heavy (non-hydrogen) atoms. The van der Waals surface area contributed by atoms with Crippen LogP contribution in [0.25, 0.3) is 5.69 Å². The molecule has 2 N–H and O–H groups in total. The summed E-state index contributed by atoms with van der Waals surface area (Å²) in [7, 11) is 0. The molecule has 0 spiro atoms. The van der Waals surface area contributed by atoms with Crippen LogP contribution in [0.3, 0.4) is 0 Å². The van der Waals surface area contributed by atoms with Crippen LogP contribution in [0.4, 0.5) is 5.69 Å². The number of carbonyl (C=O) groups excluding carboxylic acids is 2. The second-order valence-corrected chi connectivity index (χ2v) is 6.41. The first-order valence-corrected chi connectivity index (χ1v) is 8.61. The molecule has 5 heteroatoms. The lowest BCUT2D eigenvalue weighted by molar-refractivity contribution is 0.0983. The average molecular weight is 345 g/mol. The number of nitrogens with two attached hydrogens (primary N) is 1. The number of aryl methyl sites for hydroxylation is 1. The Morgan fingerprint density at radius 1 is 0.923 bits per heavy atom. The van der Waals surface area contributed by atoms with Gasteiger partial charge < -0.3 is 15.2 Å². The Morgan fingerprint density at radius 3 is 2.50 bits per heavy atom. The van der Waals surface area contributed by atoms with Gasteiger partial charge in [-0.1, -0.05) is 6.07 Å². The Balaban J connectivity index is 1.68. The van der Waals surface area contributed by atoms with Gasteiger partial charge in [-0.15, -0.1) is 0 Å². The first-order valence-electron chi connectivity index (χ1n) is 8.61. The van der Waals surface area contributed by atoms with Crippen LogP contribution < -0.4 is 10.6 Å². The number of carbonyl (C=O) groups is 2. The molecule has 0 saturated carbocycles.